The Bertz CT molecular complexity index is 736. The van der Waals surface area contributed by atoms with Gasteiger partial charge in [-0.15, -0.1) is 0 Å². The number of hydrogen-bond donors (Lipinski definition) is 3. The highest BCUT2D eigenvalue weighted by molar-refractivity contribution is 5.90. The van der Waals surface area contributed by atoms with Crippen LogP contribution in [0.1, 0.15) is 25.5 Å². The molecule has 0 heterocycles. The van der Waals surface area contributed by atoms with Crippen molar-refractivity contribution >= 4 is 11.7 Å². The molecule has 152 valence electrons. The fourth-order valence-corrected chi connectivity index (χ4v) is 2.68. The Morgan fingerprint density at radius 2 is 1.82 bits per heavy atom. The standard InChI is InChI=1S/C21H28FN3O3/c1-3-25(4-2)13-14-28-20-8-6-5-7-18(20)24-21(27)23-15-19(26)16-9-11-17(22)12-10-16/h5-12,19,26H,3-4,13-15H2,1-2H3,(H2,23,24,27). The van der Waals surface area contributed by atoms with Gasteiger partial charge in [-0.2, -0.15) is 0 Å². The Balaban J connectivity index is 1.85. The predicted octanol–water partition coefficient (Wildman–Crippen LogP) is 3.40. The zero-order valence-corrected chi connectivity index (χ0v) is 16.3. The van der Waals surface area contributed by atoms with E-state index in [1.807, 2.05) is 6.07 Å². The molecule has 2 aromatic rings. The summed E-state index contributed by atoms with van der Waals surface area (Å²) in [6, 6.07) is 12.2. The number of amides is 2. The summed E-state index contributed by atoms with van der Waals surface area (Å²) in [5, 5.41) is 15.4. The molecule has 0 bridgehead atoms. The minimum absolute atomic E-state index is 0.00243. The summed E-state index contributed by atoms with van der Waals surface area (Å²) in [4.78, 5) is 14.4. The van der Waals surface area contributed by atoms with Crippen LogP contribution in [0.2, 0.25) is 0 Å². The third kappa shape index (κ3) is 6.83. The monoisotopic (exact) mass is 389 g/mol. The topological polar surface area (TPSA) is 73.8 Å². The first-order valence-electron chi connectivity index (χ1n) is 9.46. The summed E-state index contributed by atoms with van der Waals surface area (Å²) < 4.78 is 18.8. The highest BCUT2D eigenvalue weighted by Crippen LogP contribution is 2.23. The van der Waals surface area contributed by atoms with Crippen LogP contribution in [0.3, 0.4) is 0 Å². The maximum Gasteiger partial charge on any atom is 0.319 e. The van der Waals surface area contributed by atoms with Gasteiger partial charge < -0.3 is 25.4 Å². The molecule has 0 radical (unpaired) electrons. The molecule has 0 aliphatic carbocycles. The van der Waals surface area contributed by atoms with Crippen molar-refractivity contribution in [3.8, 4) is 5.75 Å². The van der Waals surface area contributed by atoms with Gasteiger partial charge >= 0.3 is 6.03 Å². The number of carbonyl (C=O) groups excluding carboxylic acids is 1. The Labute approximate surface area is 165 Å². The zero-order valence-electron chi connectivity index (χ0n) is 16.3. The fraction of sp³-hybridized carbons (Fsp3) is 0.381. The SMILES string of the molecule is CCN(CC)CCOc1ccccc1NC(=O)NCC(O)c1ccc(F)cc1. The molecule has 7 heteroatoms. The van der Waals surface area contributed by atoms with Crippen LogP contribution in [0.15, 0.2) is 48.5 Å². The van der Waals surface area contributed by atoms with E-state index in [1.54, 1.807) is 18.2 Å². The minimum Gasteiger partial charge on any atom is -0.490 e. The van der Waals surface area contributed by atoms with Crippen molar-refractivity contribution in [3.05, 3.63) is 59.9 Å². The number of rotatable bonds is 10. The summed E-state index contributed by atoms with van der Waals surface area (Å²) in [7, 11) is 0. The second kappa shape index (κ2) is 11.3. The molecule has 0 aromatic heterocycles. The molecule has 0 saturated heterocycles. The van der Waals surface area contributed by atoms with E-state index < -0.39 is 12.1 Å². The van der Waals surface area contributed by atoms with Gasteiger partial charge in [0.2, 0.25) is 0 Å². The largest absolute Gasteiger partial charge is 0.490 e. The van der Waals surface area contributed by atoms with E-state index >= 15 is 0 Å². The normalized spacial score (nSPS) is 11.9. The number of hydrogen-bond acceptors (Lipinski definition) is 4. The number of aliphatic hydroxyl groups excluding tert-OH is 1. The van der Waals surface area contributed by atoms with Gasteiger partial charge in [0.25, 0.3) is 0 Å². The molecule has 2 amide bonds. The molecule has 3 N–H and O–H groups in total. The number of aliphatic hydroxyl groups is 1. The molecule has 0 saturated carbocycles. The number of nitrogens with one attached hydrogen (secondary N) is 2. The van der Waals surface area contributed by atoms with E-state index in [2.05, 4.69) is 29.4 Å². The number of urea groups is 1. The van der Waals surface area contributed by atoms with Crippen molar-refractivity contribution in [2.24, 2.45) is 0 Å². The summed E-state index contributed by atoms with van der Waals surface area (Å²) in [5.41, 5.74) is 1.08. The fourth-order valence-electron chi connectivity index (χ4n) is 2.68. The van der Waals surface area contributed by atoms with Gasteiger partial charge in [-0.1, -0.05) is 38.1 Å². The van der Waals surface area contributed by atoms with E-state index in [0.717, 1.165) is 19.6 Å². The highest BCUT2D eigenvalue weighted by atomic mass is 19.1. The van der Waals surface area contributed by atoms with E-state index in [1.165, 1.54) is 24.3 Å². The Morgan fingerprint density at radius 3 is 2.50 bits per heavy atom. The van der Waals surface area contributed by atoms with Crippen LogP contribution in [-0.2, 0) is 0 Å². The zero-order chi connectivity index (χ0) is 20.4. The maximum absolute atomic E-state index is 12.9. The second-order valence-electron chi connectivity index (χ2n) is 6.27. The van der Waals surface area contributed by atoms with Crippen molar-refractivity contribution in [1.82, 2.24) is 10.2 Å². The smallest absolute Gasteiger partial charge is 0.319 e. The quantitative estimate of drug-likeness (QED) is 0.582. The number of benzene rings is 2. The number of likely N-dealkylation sites (N-methyl/N-ethyl adjacent to an activating group) is 1. The summed E-state index contributed by atoms with van der Waals surface area (Å²) >= 11 is 0. The number of carbonyl (C=O) groups is 1. The average Bonchev–Trinajstić information content (AvgIpc) is 2.71. The Hall–Kier alpha value is -2.64. The minimum atomic E-state index is -0.924. The second-order valence-corrected chi connectivity index (χ2v) is 6.27. The molecular formula is C21H28FN3O3. The molecule has 1 unspecified atom stereocenters. The third-order valence-electron chi connectivity index (χ3n) is 4.41. The first kappa shape index (κ1) is 21.7. The van der Waals surface area contributed by atoms with Crippen molar-refractivity contribution < 1.29 is 19.0 Å². The van der Waals surface area contributed by atoms with Crippen molar-refractivity contribution in [1.29, 1.82) is 0 Å². The average molecular weight is 389 g/mol. The van der Waals surface area contributed by atoms with Gasteiger partial charge in [-0.25, -0.2) is 9.18 Å². The molecule has 28 heavy (non-hydrogen) atoms. The van der Waals surface area contributed by atoms with E-state index in [4.69, 9.17) is 4.74 Å². The van der Waals surface area contributed by atoms with Crippen molar-refractivity contribution in [3.63, 3.8) is 0 Å². The van der Waals surface area contributed by atoms with Gasteiger partial charge in [0.1, 0.15) is 18.2 Å². The molecule has 2 rings (SSSR count). The first-order chi connectivity index (χ1) is 13.5. The lowest BCUT2D eigenvalue weighted by Crippen LogP contribution is -2.32. The van der Waals surface area contributed by atoms with Gasteiger partial charge in [-0.05, 0) is 42.9 Å². The Kier molecular flexibility index (Phi) is 8.71. The van der Waals surface area contributed by atoms with Crippen LogP contribution in [0.25, 0.3) is 0 Å². The number of anilines is 1. The number of para-hydroxylation sites is 2. The molecule has 1 atom stereocenters. The van der Waals surface area contributed by atoms with Gasteiger partial charge in [-0.3, -0.25) is 0 Å². The van der Waals surface area contributed by atoms with Crippen LogP contribution in [0.4, 0.5) is 14.9 Å². The maximum atomic E-state index is 12.9. The van der Waals surface area contributed by atoms with Gasteiger partial charge in [0.15, 0.2) is 0 Å². The Morgan fingerprint density at radius 1 is 1.14 bits per heavy atom. The number of ether oxygens (including phenoxy) is 1. The van der Waals surface area contributed by atoms with Crippen molar-refractivity contribution in [2.75, 3.05) is 38.1 Å². The summed E-state index contributed by atoms with van der Waals surface area (Å²) in [6.45, 7) is 7.44. The molecule has 2 aromatic carbocycles. The van der Waals surface area contributed by atoms with Crippen LogP contribution in [0, 0.1) is 5.82 Å². The molecule has 6 nitrogen and oxygen atoms in total. The van der Waals surface area contributed by atoms with Crippen LogP contribution in [0.5, 0.6) is 5.75 Å². The van der Waals surface area contributed by atoms with Gasteiger partial charge in [0, 0.05) is 13.1 Å². The van der Waals surface area contributed by atoms with Crippen LogP contribution >= 0.6 is 0 Å². The highest BCUT2D eigenvalue weighted by Gasteiger charge is 2.12. The lowest BCUT2D eigenvalue weighted by atomic mass is 10.1. The lowest BCUT2D eigenvalue weighted by Gasteiger charge is -2.19. The molecule has 0 fully saturated rings. The van der Waals surface area contributed by atoms with Gasteiger partial charge in [0.05, 0.1) is 11.8 Å². The molecular weight excluding hydrogens is 361 g/mol. The predicted molar refractivity (Wildman–Crippen MR) is 108 cm³/mol. The molecule has 0 aliphatic heterocycles. The first-order valence-corrected chi connectivity index (χ1v) is 9.46. The third-order valence-corrected chi connectivity index (χ3v) is 4.41. The molecule has 0 aliphatic rings. The summed E-state index contributed by atoms with van der Waals surface area (Å²) in [5.74, 6) is 0.211. The van der Waals surface area contributed by atoms with Crippen molar-refractivity contribution in [2.45, 2.75) is 20.0 Å². The van der Waals surface area contributed by atoms with E-state index in [9.17, 15) is 14.3 Å². The van der Waals surface area contributed by atoms with Crippen LogP contribution in [-0.4, -0.2) is 48.8 Å². The van der Waals surface area contributed by atoms with E-state index in [-0.39, 0.29) is 12.4 Å². The number of nitrogens with zero attached hydrogens (tertiary/aromatic N) is 1. The van der Waals surface area contributed by atoms with Crippen LogP contribution < -0.4 is 15.4 Å². The molecule has 0 spiro atoms. The number of halogens is 1. The summed E-state index contributed by atoms with van der Waals surface area (Å²) in [6.07, 6.45) is -0.924. The lowest BCUT2D eigenvalue weighted by molar-refractivity contribution is 0.175. The van der Waals surface area contributed by atoms with E-state index in [0.29, 0.717) is 23.6 Å².